The van der Waals surface area contributed by atoms with Crippen molar-refractivity contribution in [1.29, 1.82) is 5.26 Å². The number of hydrogen-bond donors (Lipinski definition) is 1. The molecule has 0 radical (unpaired) electrons. The first-order valence-corrected chi connectivity index (χ1v) is 11.4. The monoisotopic (exact) mass is 461 g/mol. The molecule has 2 aromatic carbocycles. The van der Waals surface area contributed by atoms with Crippen molar-refractivity contribution in [2.75, 3.05) is 30.4 Å². The van der Waals surface area contributed by atoms with E-state index in [-0.39, 0.29) is 5.41 Å². The largest absolute Gasteiger partial charge is 0.495 e. The number of halogens is 1. The Labute approximate surface area is 197 Å². The fraction of sp³-hybridized carbons (Fsp3) is 0.360. The van der Waals surface area contributed by atoms with Gasteiger partial charge in [0.05, 0.1) is 23.8 Å². The van der Waals surface area contributed by atoms with Crippen LogP contribution in [-0.2, 0) is 11.3 Å². The molecule has 2 aliphatic rings. The van der Waals surface area contributed by atoms with Gasteiger partial charge < -0.3 is 15.0 Å². The first-order chi connectivity index (χ1) is 16.0. The summed E-state index contributed by atoms with van der Waals surface area (Å²) >= 11 is 6.25. The highest BCUT2D eigenvalue weighted by molar-refractivity contribution is 6.32. The van der Waals surface area contributed by atoms with Crippen molar-refractivity contribution in [3.05, 3.63) is 52.5 Å². The van der Waals surface area contributed by atoms with E-state index in [0.29, 0.717) is 34.5 Å². The minimum Gasteiger partial charge on any atom is -0.495 e. The second kappa shape index (κ2) is 8.53. The van der Waals surface area contributed by atoms with Crippen LogP contribution in [0, 0.1) is 16.7 Å². The molecule has 5 rings (SSSR count). The van der Waals surface area contributed by atoms with Gasteiger partial charge in [-0.15, -0.1) is 10.2 Å². The van der Waals surface area contributed by atoms with Crippen LogP contribution in [0.3, 0.4) is 0 Å². The van der Waals surface area contributed by atoms with Crippen LogP contribution < -0.4 is 15.0 Å². The van der Waals surface area contributed by atoms with Crippen LogP contribution in [0.2, 0.25) is 5.02 Å². The van der Waals surface area contributed by atoms with E-state index in [1.165, 1.54) is 0 Å². The van der Waals surface area contributed by atoms with Crippen LogP contribution in [-0.4, -0.2) is 36.2 Å². The summed E-state index contributed by atoms with van der Waals surface area (Å²) < 4.78 is 5.22. The summed E-state index contributed by atoms with van der Waals surface area (Å²) in [5.74, 6) is 2.46. The highest BCUT2D eigenvalue weighted by atomic mass is 35.5. The molecule has 1 aliphatic heterocycles. The normalized spacial score (nSPS) is 17.0. The van der Waals surface area contributed by atoms with Crippen LogP contribution in [0.5, 0.6) is 5.75 Å². The Bertz CT molecular complexity index is 1270. The number of carbonyl (C=O) groups is 1. The number of anilines is 2. The molecule has 1 aliphatic carbocycles. The molecule has 1 saturated heterocycles. The van der Waals surface area contributed by atoms with E-state index in [1.807, 2.05) is 36.4 Å². The molecule has 1 aromatic heterocycles. The number of fused-ring (bicyclic) bond motifs is 1. The molecule has 0 unspecified atom stereocenters. The first-order valence-electron chi connectivity index (χ1n) is 11.0. The van der Waals surface area contributed by atoms with Crippen LogP contribution in [0.25, 0.3) is 10.8 Å². The maximum absolute atomic E-state index is 11.5. The Morgan fingerprint density at radius 3 is 2.61 bits per heavy atom. The van der Waals surface area contributed by atoms with Crippen LogP contribution >= 0.6 is 11.6 Å². The Morgan fingerprint density at radius 2 is 1.94 bits per heavy atom. The van der Waals surface area contributed by atoms with E-state index >= 15 is 0 Å². The van der Waals surface area contributed by atoms with Gasteiger partial charge in [-0.3, -0.25) is 4.79 Å². The van der Waals surface area contributed by atoms with E-state index in [4.69, 9.17) is 16.3 Å². The van der Waals surface area contributed by atoms with Gasteiger partial charge in [0.15, 0.2) is 11.6 Å². The van der Waals surface area contributed by atoms with Crippen molar-refractivity contribution in [3.8, 4) is 11.8 Å². The zero-order valence-electron chi connectivity index (χ0n) is 18.4. The SMILES string of the molecule is COc1ccc(CNc2nnc(N3CCC4(CC3)CC(=O)C4)c3ccc(C#N)cc23)cc1Cl. The van der Waals surface area contributed by atoms with Crippen LogP contribution in [0.1, 0.15) is 36.8 Å². The number of aromatic nitrogens is 2. The third-order valence-electron chi connectivity index (χ3n) is 6.83. The van der Waals surface area contributed by atoms with Crippen LogP contribution in [0.4, 0.5) is 11.6 Å². The van der Waals surface area contributed by atoms with Gasteiger partial charge in [-0.2, -0.15) is 5.26 Å². The maximum atomic E-state index is 11.5. The zero-order chi connectivity index (χ0) is 23.0. The molecule has 8 heteroatoms. The molecule has 2 heterocycles. The number of piperidine rings is 1. The van der Waals surface area contributed by atoms with Gasteiger partial charge in [0.1, 0.15) is 11.5 Å². The summed E-state index contributed by atoms with van der Waals surface area (Å²) in [4.78, 5) is 13.8. The number of nitrogens with zero attached hydrogens (tertiary/aromatic N) is 4. The molecule has 0 amide bonds. The van der Waals surface area contributed by atoms with Crippen molar-refractivity contribution >= 4 is 39.8 Å². The Kier molecular flexibility index (Phi) is 5.55. The third-order valence-corrected chi connectivity index (χ3v) is 7.13. The number of methoxy groups -OCH3 is 1. The Balaban J connectivity index is 1.41. The smallest absolute Gasteiger partial charge is 0.159 e. The van der Waals surface area contributed by atoms with E-state index in [2.05, 4.69) is 26.5 Å². The number of carbonyl (C=O) groups excluding carboxylic acids is 1. The highest BCUT2D eigenvalue weighted by Gasteiger charge is 2.45. The van der Waals surface area contributed by atoms with Gasteiger partial charge in [0.25, 0.3) is 0 Å². The highest BCUT2D eigenvalue weighted by Crippen LogP contribution is 2.47. The predicted molar refractivity (Wildman–Crippen MR) is 128 cm³/mol. The number of nitriles is 1. The summed E-state index contributed by atoms with van der Waals surface area (Å²) in [5, 5.41) is 24.2. The van der Waals surface area contributed by atoms with Crippen molar-refractivity contribution in [2.45, 2.75) is 32.2 Å². The molecule has 1 spiro atoms. The second-order valence-corrected chi connectivity index (χ2v) is 9.35. The lowest BCUT2D eigenvalue weighted by atomic mass is 9.62. The lowest BCUT2D eigenvalue weighted by Gasteiger charge is -2.47. The van der Waals surface area contributed by atoms with Crippen molar-refractivity contribution in [1.82, 2.24) is 10.2 Å². The number of benzene rings is 2. The van der Waals surface area contributed by atoms with Gasteiger partial charge in [-0.1, -0.05) is 17.7 Å². The number of ketones is 1. The number of nitrogens with one attached hydrogen (secondary N) is 1. The molecule has 2 fully saturated rings. The molecule has 33 heavy (non-hydrogen) atoms. The quantitative estimate of drug-likeness (QED) is 0.587. The summed E-state index contributed by atoms with van der Waals surface area (Å²) in [6.07, 6.45) is 3.43. The van der Waals surface area contributed by atoms with E-state index in [1.54, 1.807) is 7.11 Å². The lowest BCUT2D eigenvalue weighted by Crippen LogP contribution is -2.47. The molecular formula is C25H24ClN5O2. The third kappa shape index (κ3) is 4.07. The van der Waals surface area contributed by atoms with Gasteiger partial charge in [-0.05, 0) is 54.2 Å². The van der Waals surface area contributed by atoms with Gasteiger partial charge >= 0.3 is 0 Å². The molecule has 7 nitrogen and oxygen atoms in total. The number of rotatable bonds is 5. The average molecular weight is 462 g/mol. The van der Waals surface area contributed by atoms with E-state index < -0.39 is 0 Å². The molecular weight excluding hydrogens is 438 g/mol. The molecule has 1 saturated carbocycles. The topological polar surface area (TPSA) is 91.1 Å². The molecule has 168 valence electrons. The van der Waals surface area contributed by atoms with E-state index in [9.17, 15) is 10.1 Å². The van der Waals surface area contributed by atoms with Gasteiger partial charge in [0, 0.05) is 43.2 Å². The Hall–Kier alpha value is -3.37. The fourth-order valence-electron chi connectivity index (χ4n) is 4.91. The summed E-state index contributed by atoms with van der Waals surface area (Å²) in [6.45, 7) is 2.21. The van der Waals surface area contributed by atoms with Crippen molar-refractivity contribution in [2.24, 2.45) is 5.41 Å². The van der Waals surface area contributed by atoms with Gasteiger partial charge in [0.2, 0.25) is 0 Å². The minimum absolute atomic E-state index is 0.200. The molecule has 3 aromatic rings. The number of ether oxygens (including phenoxy) is 1. The minimum atomic E-state index is 0.200. The summed E-state index contributed by atoms with van der Waals surface area (Å²) in [5.41, 5.74) is 1.75. The Morgan fingerprint density at radius 1 is 1.15 bits per heavy atom. The fourth-order valence-corrected chi connectivity index (χ4v) is 5.19. The van der Waals surface area contributed by atoms with Gasteiger partial charge in [-0.25, -0.2) is 0 Å². The van der Waals surface area contributed by atoms with E-state index in [0.717, 1.165) is 60.9 Å². The average Bonchev–Trinajstić information content (AvgIpc) is 2.82. The molecule has 0 atom stereocenters. The van der Waals surface area contributed by atoms with Crippen molar-refractivity contribution < 1.29 is 9.53 Å². The standard InChI is InChI=1S/C25H24ClN5O2/c1-33-22-5-3-17(11-21(22)26)15-28-23-20-10-16(14-27)2-4-19(20)24(30-29-23)31-8-6-25(7-9-31)12-18(32)13-25/h2-5,10-11H,6-9,12-13,15H2,1H3,(H,28,29). The number of Topliss-reactive ketones (excluding diaryl/α,β-unsaturated/α-hetero) is 1. The van der Waals surface area contributed by atoms with Crippen LogP contribution in [0.15, 0.2) is 36.4 Å². The number of hydrogen-bond acceptors (Lipinski definition) is 7. The zero-order valence-corrected chi connectivity index (χ0v) is 19.2. The summed E-state index contributed by atoms with van der Waals surface area (Å²) in [6, 6.07) is 13.5. The predicted octanol–water partition coefficient (Wildman–Crippen LogP) is 4.73. The molecule has 0 bridgehead atoms. The second-order valence-electron chi connectivity index (χ2n) is 8.95. The first kappa shape index (κ1) is 21.5. The summed E-state index contributed by atoms with van der Waals surface area (Å²) in [7, 11) is 1.59. The maximum Gasteiger partial charge on any atom is 0.159 e. The molecule has 1 N–H and O–H groups in total. The van der Waals surface area contributed by atoms with Crippen molar-refractivity contribution in [3.63, 3.8) is 0 Å². The lowest BCUT2D eigenvalue weighted by molar-refractivity contribution is -0.133.